The lowest BCUT2D eigenvalue weighted by Gasteiger charge is -2.10. The zero-order valence-corrected chi connectivity index (χ0v) is 13.5. The van der Waals surface area contributed by atoms with Gasteiger partial charge in [0, 0.05) is 26.2 Å². The van der Waals surface area contributed by atoms with Gasteiger partial charge in [0.05, 0.1) is 0 Å². The molecule has 1 N–H and O–H groups in total. The zero-order valence-electron chi connectivity index (χ0n) is 13.5. The summed E-state index contributed by atoms with van der Waals surface area (Å²) in [6, 6.07) is -0.361. The van der Waals surface area contributed by atoms with Crippen LogP contribution in [0.4, 0.5) is 0 Å². The molecule has 0 unspecified atom stereocenters. The van der Waals surface area contributed by atoms with Gasteiger partial charge in [-0.05, 0) is 26.7 Å². The van der Waals surface area contributed by atoms with Crippen LogP contribution in [0.2, 0.25) is 0 Å². The van der Waals surface area contributed by atoms with E-state index in [4.69, 9.17) is 5.11 Å². The molecule has 0 bridgehead atoms. The van der Waals surface area contributed by atoms with Crippen LogP contribution in [-0.4, -0.2) is 35.5 Å². The number of imidazole rings is 1. The first-order valence-electron chi connectivity index (χ1n) is 7.63. The van der Waals surface area contributed by atoms with Crippen molar-refractivity contribution in [1.82, 2.24) is 18.7 Å². The summed E-state index contributed by atoms with van der Waals surface area (Å²) in [5.74, 6) is 0. The third-order valence-corrected chi connectivity index (χ3v) is 3.66. The van der Waals surface area contributed by atoms with E-state index in [-0.39, 0.29) is 43.4 Å². The minimum Gasteiger partial charge on any atom is -0.396 e. The molecule has 0 fully saturated rings. The van der Waals surface area contributed by atoms with E-state index in [2.05, 4.69) is 9.82 Å². The van der Waals surface area contributed by atoms with Crippen molar-refractivity contribution in [3.8, 4) is 6.01 Å². The molecule has 11 heteroatoms. The molecule has 0 aliphatic carbocycles. The number of aliphatic hydroxyl groups is 1. The third-order valence-electron chi connectivity index (χ3n) is 3.66. The Morgan fingerprint density at radius 3 is 2.38 bits per heavy atom. The van der Waals surface area contributed by atoms with Crippen LogP contribution in [0, 0.1) is 10.1 Å². The summed E-state index contributed by atoms with van der Waals surface area (Å²) in [6.45, 7) is 3.94. The molecule has 0 saturated heterocycles. The molecule has 11 nitrogen and oxygen atoms in total. The number of fused-ring (bicyclic) bond motifs is 1. The number of unbranched alkanes of at least 4 members (excludes halogenated alkanes) is 1. The second-order valence-corrected chi connectivity index (χ2v) is 5.04. The van der Waals surface area contributed by atoms with Gasteiger partial charge < -0.3 is 5.11 Å². The molecule has 2 heterocycles. The average Bonchev–Trinajstić information content (AvgIpc) is 2.86. The van der Waals surface area contributed by atoms with Crippen LogP contribution in [0.15, 0.2) is 9.59 Å². The Balaban J connectivity index is 2.80. The molecule has 0 atom stereocenters. The van der Waals surface area contributed by atoms with Gasteiger partial charge in [-0.1, -0.05) is 0 Å². The molecule has 2 aromatic rings. The van der Waals surface area contributed by atoms with Gasteiger partial charge in [0.2, 0.25) is 0 Å². The molecule has 0 aliphatic heterocycles. The molecule has 0 spiro atoms. The lowest BCUT2D eigenvalue weighted by molar-refractivity contribution is -0.713. The van der Waals surface area contributed by atoms with Crippen LogP contribution in [0.5, 0.6) is 6.01 Å². The molecule has 0 aromatic carbocycles. The van der Waals surface area contributed by atoms with Crippen LogP contribution in [0.25, 0.3) is 11.2 Å². The van der Waals surface area contributed by atoms with Gasteiger partial charge in [0.25, 0.3) is 11.6 Å². The fourth-order valence-electron chi connectivity index (χ4n) is 2.56. The topological polar surface area (TPSA) is 134 Å². The Labute approximate surface area is 135 Å². The highest BCUT2D eigenvalue weighted by atomic mass is 17.0. The summed E-state index contributed by atoms with van der Waals surface area (Å²) in [5.41, 5.74) is -0.965. The predicted octanol–water partition coefficient (Wildman–Crippen LogP) is -0.258. The summed E-state index contributed by atoms with van der Waals surface area (Å²) in [6.07, 6.45) is 0.916. The smallest absolute Gasteiger partial charge is 0.332 e. The van der Waals surface area contributed by atoms with E-state index in [0.717, 1.165) is 4.57 Å². The minimum absolute atomic E-state index is 0.0447. The number of hydrogen-bond acceptors (Lipinski definition) is 7. The van der Waals surface area contributed by atoms with E-state index >= 15 is 0 Å². The van der Waals surface area contributed by atoms with E-state index in [1.807, 2.05) is 0 Å². The fraction of sp³-hybridized carbons (Fsp3) is 0.615. The lowest BCUT2D eigenvalue weighted by atomic mass is 10.3. The largest absolute Gasteiger partial charge is 0.396 e. The minimum atomic E-state index is -1.02. The highest BCUT2D eigenvalue weighted by molar-refractivity contribution is 5.72. The Kier molecular flexibility index (Phi) is 5.34. The fourth-order valence-corrected chi connectivity index (χ4v) is 2.56. The standard InChI is InChI=1S/C13H19N5O6/c1-3-15-10-9(11(20)16(4-2)13(15)21)17(7-5-6-8-19)12(14-10)24-18(22)23/h19H,3-8H2,1-2H3. The Morgan fingerprint density at radius 1 is 1.17 bits per heavy atom. The van der Waals surface area contributed by atoms with Crippen LogP contribution < -0.4 is 16.1 Å². The molecule has 0 aliphatic rings. The molecule has 0 saturated carbocycles. The van der Waals surface area contributed by atoms with Crippen LogP contribution in [0.1, 0.15) is 26.7 Å². The van der Waals surface area contributed by atoms with Crippen molar-refractivity contribution in [3.63, 3.8) is 0 Å². The molecule has 0 amide bonds. The highest BCUT2D eigenvalue weighted by Crippen LogP contribution is 2.19. The normalized spacial score (nSPS) is 11.1. The lowest BCUT2D eigenvalue weighted by Crippen LogP contribution is -2.40. The van der Waals surface area contributed by atoms with Gasteiger partial charge in [0.1, 0.15) is 0 Å². The maximum absolute atomic E-state index is 12.6. The molecular formula is C13H19N5O6. The van der Waals surface area contributed by atoms with Crippen molar-refractivity contribution in [1.29, 1.82) is 0 Å². The van der Waals surface area contributed by atoms with Crippen molar-refractivity contribution >= 4 is 11.2 Å². The van der Waals surface area contributed by atoms with Crippen molar-refractivity contribution in [2.75, 3.05) is 6.61 Å². The van der Waals surface area contributed by atoms with Crippen molar-refractivity contribution < 1.29 is 15.0 Å². The molecular weight excluding hydrogens is 322 g/mol. The van der Waals surface area contributed by atoms with Gasteiger partial charge >= 0.3 is 10.8 Å². The van der Waals surface area contributed by atoms with Gasteiger partial charge in [0.15, 0.2) is 11.2 Å². The quantitative estimate of drug-likeness (QED) is 0.397. The van der Waals surface area contributed by atoms with Crippen LogP contribution >= 0.6 is 0 Å². The number of aryl methyl sites for hydroxylation is 2. The maximum atomic E-state index is 12.6. The summed E-state index contributed by atoms with van der Waals surface area (Å²) >= 11 is 0. The first-order chi connectivity index (χ1) is 11.5. The SMILES string of the molecule is CCn1c(=O)c2c(nc(O[N+](=O)[O-])n2CCCCO)n(CC)c1=O. The van der Waals surface area contributed by atoms with E-state index in [9.17, 15) is 19.7 Å². The van der Waals surface area contributed by atoms with E-state index in [1.165, 1.54) is 9.13 Å². The third kappa shape index (κ3) is 3.02. The first-order valence-corrected chi connectivity index (χ1v) is 7.63. The van der Waals surface area contributed by atoms with Gasteiger partial charge in [-0.15, -0.1) is 10.1 Å². The van der Waals surface area contributed by atoms with Crippen molar-refractivity contribution in [2.45, 2.75) is 46.3 Å². The van der Waals surface area contributed by atoms with E-state index in [1.54, 1.807) is 13.8 Å². The number of rotatable bonds is 8. The van der Waals surface area contributed by atoms with Gasteiger partial charge in [-0.2, -0.15) is 4.98 Å². The summed E-state index contributed by atoms with van der Waals surface area (Å²) in [5, 5.41) is 18.6. The average molecular weight is 341 g/mol. The molecule has 132 valence electrons. The summed E-state index contributed by atoms with van der Waals surface area (Å²) in [7, 11) is 0. The molecule has 2 aromatic heterocycles. The monoisotopic (exact) mass is 341 g/mol. The highest BCUT2D eigenvalue weighted by Gasteiger charge is 2.22. The van der Waals surface area contributed by atoms with Gasteiger partial charge in [-0.3, -0.25) is 18.5 Å². The van der Waals surface area contributed by atoms with Crippen molar-refractivity contribution in [3.05, 3.63) is 31.0 Å². The van der Waals surface area contributed by atoms with E-state index in [0.29, 0.717) is 12.8 Å². The Morgan fingerprint density at radius 2 is 1.83 bits per heavy atom. The predicted molar refractivity (Wildman–Crippen MR) is 83.5 cm³/mol. The molecule has 24 heavy (non-hydrogen) atoms. The molecule has 2 rings (SSSR count). The number of aromatic nitrogens is 4. The second-order valence-electron chi connectivity index (χ2n) is 5.04. The summed E-state index contributed by atoms with van der Waals surface area (Å²) in [4.78, 5) is 44.1. The molecule has 0 radical (unpaired) electrons. The number of aliphatic hydroxyl groups excluding tert-OH is 1. The van der Waals surface area contributed by atoms with Crippen LogP contribution in [-0.2, 0) is 19.6 Å². The van der Waals surface area contributed by atoms with Gasteiger partial charge in [-0.25, -0.2) is 9.63 Å². The maximum Gasteiger partial charge on any atom is 0.332 e. The van der Waals surface area contributed by atoms with Crippen molar-refractivity contribution in [2.24, 2.45) is 0 Å². The zero-order chi connectivity index (χ0) is 17.9. The number of nitrogens with zero attached hydrogens (tertiary/aromatic N) is 5. The number of hydrogen-bond donors (Lipinski definition) is 1. The summed E-state index contributed by atoms with van der Waals surface area (Å²) < 4.78 is 3.61. The Bertz CT molecular complexity index is 864. The Hall–Kier alpha value is -2.69. The first kappa shape index (κ1) is 17.7. The van der Waals surface area contributed by atoms with E-state index < -0.39 is 16.3 Å². The van der Waals surface area contributed by atoms with Crippen LogP contribution in [0.3, 0.4) is 0 Å². The second kappa shape index (κ2) is 7.25.